The average Bonchev–Trinajstić information content (AvgIpc) is 3.90. The van der Waals surface area contributed by atoms with Gasteiger partial charge in [-0.15, -0.1) is 0 Å². The molecule has 73 heavy (non-hydrogen) atoms. The van der Waals surface area contributed by atoms with Crippen molar-refractivity contribution in [3.8, 4) is 11.1 Å². The lowest BCUT2D eigenvalue weighted by Gasteiger charge is -2.38. The fourth-order valence-corrected chi connectivity index (χ4v) is 10.8. The standard InChI is InChI=1S/C65H66N6.C2H6/c1-6-7-34-57-45-60-58(38-25-39-63(60)71(57)56-37-24-33-54(44-56)65(5)68-61(51-29-19-11-20-30-51)46-70(65)55-35-21-12-22-36-55)53-40-41-62-59(43-53)47(2)26-14-13-23-42-69(62)49(4)67-64(52-31-15-8-9-16-32-52)66-48(3)50-27-17-10-18-28-50;1-2/h6-14,17-31,33-41,43-44,48-49,61,68H,2,15-16,32,42,45-46H2,1,3-5H3,(H,66,67);1-2H3/b7-6-,23-13-,26-14-,57-34+;/t48-,49?,61?,65?;/m1./s1. The molecular formula is C67H72N6. The van der Waals surface area contributed by atoms with Crippen molar-refractivity contribution in [3.05, 3.63) is 258 Å². The van der Waals surface area contributed by atoms with Gasteiger partial charge >= 0.3 is 0 Å². The van der Waals surface area contributed by atoms with Gasteiger partial charge in [0.05, 0.1) is 11.7 Å². The molecule has 6 aromatic carbocycles. The Morgan fingerprint density at radius 3 is 2.30 bits per heavy atom. The molecular weight excluding hydrogens is 889 g/mol. The fourth-order valence-electron chi connectivity index (χ4n) is 10.8. The Labute approximate surface area is 435 Å². The Morgan fingerprint density at radius 1 is 0.781 bits per heavy atom. The monoisotopic (exact) mass is 961 g/mol. The first-order valence-corrected chi connectivity index (χ1v) is 26.5. The van der Waals surface area contributed by atoms with Crippen molar-refractivity contribution in [1.29, 1.82) is 0 Å². The molecule has 6 aromatic rings. The summed E-state index contributed by atoms with van der Waals surface area (Å²) >= 11 is 0. The summed E-state index contributed by atoms with van der Waals surface area (Å²) in [6.45, 7) is 19.1. The van der Waals surface area contributed by atoms with Crippen molar-refractivity contribution in [1.82, 2.24) is 10.6 Å². The zero-order valence-electron chi connectivity index (χ0n) is 43.7. The molecule has 0 saturated carbocycles. The van der Waals surface area contributed by atoms with E-state index < -0.39 is 5.66 Å². The minimum absolute atomic E-state index is 0.0969. The molecule has 1 aliphatic carbocycles. The Kier molecular flexibility index (Phi) is 16.0. The highest BCUT2D eigenvalue weighted by molar-refractivity contribution is 5.99. The molecule has 10 rings (SSSR count). The number of hydrogen-bond donors (Lipinski definition) is 2. The van der Waals surface area contributed by atoms with E-state index >= 15 is 0 Å². The van der Waals surface area contributed by atoms with Crippen molar-refractivity contribution < 1.29 is 0 Å². The van der Waals surface area contributed by atoms with Crippen LogP contribution in [0.2, 0.25) is 0 Å². The smallest absolute Gasteiger partial charge is 0.126 e. The second-order valence-corrected chi connectivity index (χ2v) is 19.2. The van der Waals surface area contributed by atoms with Crippen LogP contribution < -0.4 is 25.3 Å². The molecule has 3 heterocycles. The number of anilines is 4. The summed E-state index contributed by atoms with van der Waals surface area (Å²) in [5.74, 6) is 0.965. The molecule has 0 amide bonds. The van der Waals surface area contributed by atoms with E-state index in [1.54, 1.807) is 0 Å². The highest BCUT2D eigenvalue weighted by Crippen LogP contribution is 2.48. The van der Waals surface area contributed by atoms with Gasteiger partial charge in [0.15, 0.2) is 0 Å². The topological polar surface area (TPSA) is 46.1 Å². The van der Waals surface area contributed by atoms with E-state index in [1.807, 2.05) is 13.8 Å². The minimum Gasteiger partial charge on any atom is -0.364 e. The number of allylic oxidation sites excluding steroid dienone is 11. The van der Waals surface area contributed by atoms with E-state index in [0.717, 1.165) is 60.6 Å². The van der Waals surface area contributed by atoms with Gasteiger partial charge in [-0.05, 0) is 140 Å². The highest BCUT2D eigenvalue weighted by atomic mass is 15.4. The number of fused-ring (bicyclic) bond motifs is 2. The van der Waals surface area contributed by atoms with E-state index in [-0.39, 0.29) is 18.2 Å². The number of amidine groups is 1. The van der Waals surface area contributed by atoms with Gasteiger partial charge in [0.2, 0.25) is 0 Å². The molecule has 3 unspecified atom stereocenters. The predicted molar refractivity (Wildman–Crippen MR) is 312 cm³/mol. The van der Waals surface area contributed by atoms with Gasteiger partial charge in [0.1, 0.15) is 17.7 Å². The van der Waals surface area contributed by atoms with Gasteiger partial charge in [0, 0.05) is 53.9 Å². The lowest BCUT2D eigenvalue weighted by molar-refractivity contribution is 0.409. The molecule has 4 atom stereocenters. The van der Waals surface area contributed by atoms with Gasteiger partial charge in [-0.25, -0.2) is 4.99 Å². The van der Waals surface area contributed by atoms with Crippen LogP contribution in [-0.2, 0) is 12.1 Å². The van der Waals surface area contributed by atoms with Crippen LogP contribution in [0.1, 0.15) is 101 Å². The molecule has 0 radical (unpaired) electrons. The van der Waals surface area contributed by atoms with Crippen molar-refractivity contribution in [2.24, 2.45) is 4.99 Å². The molecule has 0 aromatic heterocycles. The van der Waals surface area contributed by atoms with Crippen molar-refractivity contribution >= 4 is 34.2 Å². The Hall–Kier alpha value is -7.67. The molecule has 0 spiro atoms. The molecule has 3 aliphatic heterocycles. The molecule has 0 bridgehead atoms. The van der Waals surface area contributed by atoms with Gasteiger partial charge in [-0.2, -0.15) is 0 Å². The van der Waals surface area contributed by atoms with Crippen LogP contribution in [-0.4, -0.2) is 25.1 Å². The van der Waals surface area contributed by atoms with Crippen LogP contribution >= 0.6 is 0 Å². The van der Waals surface area contributed by atoms with Crippen LogP contribution in [0.25, 0.3) is 16.7 Å². The van der Waals surface area contributed by atoms with Gasteiger partial charge < -0.3 is 20.0 Å². The van der Waals surface area contributed by atoms with Crippen LogP contribution in [0, 0.1) is 0 Å². The van der Waals surface area contributed by atoms with Crippen LogP contribution in [0.4, 0.5) is 22.7 Å². The molecule has 1 fully saturated rings. The number of nitrogens with one attached hydrogen (secondary N) is 2. The first kappa shape index (κ1) is 50.3. The molecule has 6 nitrogen and oxygen atoms in total. The summed E-state index contributed by atoms with van der Waals surface area (Å²) in [6, 6.07) is 55.5. The first-order valence-electron chi connectivity index (χ1n) is 26.5. The third-order valence-electron chi connectivity index (χ3n) is 14.6. The number of benzene rings is 6. The number of nitrogens with zero attached hydrogens (tertiary/aromatic N) is 4. The largest absolute Gasteiger partial charge is 0.364 e. The lowest BCUT2D eigenvalue weighted by atomic mass is 9.93. The SMILES string of the molecule is C=C1/C=C\C=C/CN(C(C)/N=C(\N[C@H](C)c2ccccc2)C2=CCC=CCC2)c2ccc(-c3cccc4c3C/C(=C\C=C/C)N4c3cccc(C4(C)NC(c5ccccc5)CN4c4ccccc4)c3)cc21.CC. The first-order chi connectivity index (χ1) is 35.8. The van der Waals surface area contributed by atoms with Crippen LogP contribution in [0.3, 0.4) is 0 Å². The molecule has 2 N–H and O–H groups in total. The predicted octanol–water partition coefficient (Wildman–Crippen LogP) is 16.3. The second-order valence-electron chi connectivity index (χ2n) is 19.2. The van der Waals surface area contributed by atoms with Crippen molar-refractivity contribution in [2.75, 3.05) is 27.8 Å². The summed E-state index contributed by atoms with van der Waals surface area (Å²) < 4.78 is 0. The van der Waals surface area contributed by atoms with Crippen molar-refractivity contribution in [3.63, 3.8) is 0 Å². The lowest BCUT2D eigenvalue weighted by Crippen LogP contribution is -2.46. The van der Waals surface area contributed by atoms with Crippen molar-refractivity contribution in [2.45, 2.75) is 91.1 Å². The second kappa shape index (κ2) is 23.3. The Bertz CT molecular complexity index is 3090. The molecule has 4 aliphatic rings. The summed E-state index contributed by atoms with van der Waals surface area (Å²) in [4.78, 5) is 13.0. The summed E-state index contributed by atoms with van der Waals surface area (Å²) in [5.41, 5.74) is 16.2. The highest BCUT2D eigenvalue weighted by Gasteiger charge is 2.44. The minimum atomic E-state index is -0.471. The van der Waals surface area contributed by atoms with E-state index in [4.69, 9.17) is 4.99 Å². The van der Waals surface area contributed by atoms with E-state index in [0.29, 0.717) is 6.54 Å². The molecule has 6 heteroatoms. The van der Waals surface area contributed by atoms with Crippen LogP contribution in [0.15, 0.2) is 235 Å². The maximum absolute atomic E-state index is 5.56. The Morgan fingerprint density at radius 2 is 1.52 bits per heavy atom. The summed E-state index contributed by atoms with van der Waals surface area (Å²) in [5, 5.41) is 7.96. The van der Waals surface area contributed by atoms with E-state index in [1.165, 1.54) is 56.0 Å². The number of aliphatic imine (C=N–C) groups is 1. The van der Waals surface area contributed by atoms with E-state index in [2.05, 4.69) is 272 Å². The average molecular weight is 961 g/mol. The zero-order chi connectivity index (χ0) is 50.7. The maximum Gasteiger partial charge on any atom is 0.126 e. The van der Waals surface area contributed by atoms with Crippen LogP contribution in [0.5, 0.6) is 0 Å². The number of hydrogen-bond acceptors (Lipinski definition) is 5. The molecule has 1 saturated heterocycles. The quantitative estimate of drug-likeness (QED) is 0.0770. The number of rotatable bonds is 11. The third kappa shape index (κ3) is 10.9. The Balaban J connectivity index is 0.00000324. The van der Waals surface area contributed by atoms with Gasteiger partial charge in [-0.3, -0.25) is 5.32 Å². The zero-order valence-corrected chi connectivity index (χ0v) is 43.7. The number of para-hydroxylation sites is 1. The van der Waals surface area contributed by atoms with E-state index in [9.17, 15) is 0 Å². The summed E-state index contributed by atoms with van der Waals surface area (Å²) in [6.07, 6.45) is 25.6. The molecule has 370 valence electrons. The maximum atomic E-state index is 5.56. The van der Waals surface area contributed by atoms with Gasteiger partial charge in [0.25, 0.3) is 0 Å². The third-order valence-corrected chi connectivity index (χ3v) is 14.6. The summed E-state index contributed by atoms with van der Waals surface area (Å²) in [7, 11) is 0. The normalized spacial score (nSPS) is 21.0. The van der Waals surface area contributed by atoms with Gasteiger partial charge in [-0.1, -0.05) is 184 Å². The fraction of sp³-hybridized carbons (Fsp3) is 0.239.